The lowest BCUT2D eigenvalue weighted by molar-refractivity contribution is -0.385. The van der Waals surface area contributed by atoms with Gasteiger partial charge in [-0.3, -0.25) is 19.7 Å². The van der Waals surface area contributed by atoms with Gasteiger partial charge in [-0.1, -0.05) is 23.7 Å². The maximum absolute atomic E-state index is 12.7. The summed E-state index contributed by atoms with van der Waals surface area (Å²) < 4.78 is 4.63. The van der Waals surface area contributed by atoms with E-state index in [0.29, 0.717) is 9.90 Å². The molecule has 0 spiro atoms. The number of carbonyl (C=O) groups excluding carboxylic acids is 2. The van der Waals surface area contributed by atoms with Crippen LogP contribution in [-0.2, 0) is 16.1 Å². The van der Waals surface area contributed by atoms with E-state index in [1.807, 2.05) is 0 Å². The monoisotopic (exact) mass is 382 g/mol. The maximum Gasteiger partial charge on any atom is 0.325 e. The highest BCUT2D eigenvalue weighted by atomic mass is 35.5. The van der Waals surface area contributed by atoms with Crippen molar-refractivity contribution in [3.05, 3.63) is 60.8 Å². The molecule has 0 radical (unpaired) electrons. The van der Waals surface area contributed by atoms with E-state index >= 15 is 0 Å². The van der Waals surface area contributed by atoms with Crippen LogP contribution in [0.25, 0.3) is 0 Å². The van der Waals surface area contributed by atoms with E-state index < -0.39 is 16.8 Å². The molecule has 0 bridgehead atoms. The van der Waals surface area contributed by atoms with Crippen molar-refractivity contribution in [3.8, 4) is 0 Å². The van der Waals surface area contributed by atoms with Gasteiger partial charge in [-0.05, 0) is 24.6 Å². The minimum atomic E-state index is -0.579. The van der Waals surface area contributed by atoms with Crippen LogP contribution >= 0.6 is 22.9 Å². The van der Waals surface area contributed by atoms with Crippen molar-refractivity contribution in [1.29, 1.82) is 0 Å². The Kier molecular flexibility index (Phi) is 6.11. The Labute approximate surface area is 152 Å². The number of amides is 1. The van der Waals surface area contributed by atoms with Crippen LogP contribution in [0, 0.1) is 17.0 Å². The number of nitrogens with zero attached hydrogens (tertiary/aromatic N) is 2. The average Bonchev–Trinajstić information content (AvgIpc) is 2.97. The summed E-state index contributed by atoms with van der Waals surface area (Å²) in [4.78, 5) is 36.7. The van der Waals surface area contributed by atoms with Crippen LogP contribution in [0.15, 0.2) is 30.3 Å². The zero-order valence-corrected chi connectivity index (χ0v) is 15.1. The number of hydrogen-bond donors (Lipinski definition) is 0. The van der Waals surface area contributed by atoms with Gasteiger partial charge < -0.3 is 9.64 Å². The molecule has 0 saturated carbocycles. The predicted octanol–water partition coefficient (Wildman–Crippen LogP) is 3.43. The van der Waals surface area contributed by atoms with Gasteiger partial charge in [-0.25, -0.2) is 0 Å². The van der Waals surface area contributed by atoms with Crippen LogP contribution in [0.4, 0.5) is 5.69 Å². The molecule has 0 unspecified atom stereocenters. The second-order valence-electron chi connectivity index (χ2n) is 5.17. The fourth-order valence-electron chi connectivity index (χ4n) is 2.15. The first kappa shape index (κ1) is 18.9. The molecule has 0 aliphatic rings. The third-order valence-corrected chi connectivity index (χ3v) is 4.70. The number of hydrogen-bond acceptors (Lipinski definition) is 6. The van der Waals surface area contributed by atoms with Gasteiger partial charge in [0.05, 0.1) is 21.8 Å². The van der Waals surface area contributed by atoms with Gasteiger partial charge in [0.2, 0.25) is 0 Å². The second kappa shape index (κ2) is 8.09. The summed E-state index contributed by atoms with van der Waals surface area (Å²) in [5.74, 6) is -1.05. The second-order valence-corrected chi connectivity index (χ2v) is 6.87. The third-order valence-electron chi connectivity index (χ3n) is 3.42. The zero-order valence-electron chi connectivity index (χ0n) is 13.5. The molecule has 0 N–H and O–H groups in total. The number of ether oxygens (including phenoxy) is 1. The minimum Gasteiger partial charge on any atom is -0.468 e. The molecule has 1 heterocycles. The van der Waals surface area contributed by atoms with Gasteiger partial charge in [-0.2, -0.15) is 0 Å². The summed E-state index contributed by atoms with van der Waals surface area (Å²) in [5, 5.41) is 11.5. The number of methoxy groups -OCH3 is 1. The molecule has 0 atom stereocenters. The first-order chi connectivity index (χ1) is 11.8. The van der Waals surface area contributed by atoms with Crippen LogP contribution in [0.3, 0.4) is 0 Å². The Morgan fingerprint density at radius 1 is 1.32 bits per heavy atom. The first-order valence-corrected chi connectivity index (χ1v) is 8.36. The Morgan fingerprint density at radius 2 is 1.96 bits per heavy atom. The van der Waals surface area contributed by atoms with Crippen LogP contribution in [0.5, 0.6) is 0 Å². The summed E-state index contributed by atoms with van der Waals surface area (Å²) >= 11 is 6.87. The van der Waals surface area contributed by atoms with E-state index in [4.69, 9.17) is 11.6 Å². The van der Waals surface area contributed by atoms with E-state index in [1.165, 1.54) is 18.1 Å². The Morgan fingerprint density at radius 3 is 2.48 bits per heavy atom. The van der Waals surface area contributed by atoms with Gasteiger partial charge in [0.25, 0.3) is 11.6 Å². The number of benzene rings is 1. The lowest BCUT2D eigenvalue weighted by atomic mass is 10.2. The molecule has 0 aliphatic carbocycles. The molecule has 132 valence electrons. The molecule has 1 aromatic carbocycles. The summed E-state index contributed by atoms with van der Waals surface area (Å²) in [6.45, 7) is 1.46. The number of thiophene rings is 1. The standard InChI is InChI=1S/C16H15ClN2O5S/c1-10-13(19(22)23)7-14(25-10)16(21)18(9-15(20)24-2)8-11-3-5-12(17)6-4-11/h3-7H,8-9H2,1-2H3. The first-order valence-electron chi connectivity index (χ1n) is 7.17. The number of rotatable bonds is 6. The highest BCUT2D eigenvalue weighted by Gasteiger charge is 2.25. The van der Waals surface area contributed by atoms with Crippen molar-refractivity contribution < 1.29 is 19.2 Å². The smallest absolute Gasteiger partial charge is 0.325 e. The zero-order chi connectivity index (χ0) is 18.6. The van der Waals surface area contributed by atoms with Gasteiger partial charge in [0.1, 0.15) is 6.54 Å². The van der Waals surface area contributed by atoms with Gasteiger partial charge in [0, 0.05) is 17.6 Å². The number of halogens is 1. The molecule has 0 aliphatic heterocycles. The van der Waals surface area contributed by atoms with Gasteiger partial charge in [-0.15, -0.1) is 11.3 Å². The summed E-state index contributed by atoms with van der Waals surface area (Å²) in [7, 11) is 1.23. The van der Waals surface area contributed by atoms with Crippen molar-refractivity contribution >= 4 is 40.5 Å². The molecule has 9 heteroatoms. The molecule has 0 saturated heterocycles. The number of esters is 1. The largest absolute Gasteiger partial charge is 0.468 e. The molecule has 2 aromatic rings. The molecule has 7 nitrogen and oxygen atoms in total. The topological polar surface area (TPSA) is 89.8 Å². The number of aryl methyl sites for hydroxylation is 1. The van der Waals surface area contributed by atoms with Gasteiger partial charge >= 0.3 is 5.97 Å². The molecule has 1 aromatic heterocycles. The molecule has 2 rings (SSSR count). The van der Waals surface area contributed by atoms with Crippen LogP contribution in [-0.4, -0.2) is 35.4 Å². The van der Waals surface area contributed by atoms with Crippen molar-refractivity contribution in [1.82, 2.24) is 4.90 Å². The number of nitro groups is 1. The van der Waals surface area contributed by atoms with Crippen molar-refractivity contribution in [2.75, 3.05) is 13.7 Å². The highest BCUT2D eigenvalue weighted by molar-refractivity contribution is 7.14. The molecular weight excluding hydrogens is 368 g/mol. The van der Waals surface area contributed by atoms with E-state index in [1.54, 1.807) is 31.2 Å². The minimum absolute atomic E-state index is 0.113. The van der Waals surface area contributed by atoms with Crippen LogP contribution in [0.2, 0.25) is 5.02 Å². The van der Waals surface area contributed by atoms with E-state index in [2.05, 4.69) is 4.74 Å². The Hall–Kier alpha value is -2.45. The maximum atomic E-state index is 12.7. The van der Waals surface area contributed by atoms with E-state index in [0.717, 1.165) is 16.9 Å². The molecule has 1 amide bonds. The van der Waals surface area contributed by atoms with E-state index in [9.17, 15) is 19.7 Å². The Balaban J connectivity index is 2.28. The molecule has 0 fully saturated rings. The van der Waals surface area contributed by atoms with Crippen LogP contribution in [0.1, 0.15) is 20.1 Å². The summed E-state index contributed by atoms with van der Waals surface area (Å²) in [5.41, 5.74) is 0.655. The fraction of sp³-hybridized carbons (Fsp3) is 0.250. The molecular formula is C16H15ClN2O5S. The lowest BCUT2D eigenvalue weighted by Crippen LogP contribution is -2.35. The predicted molar refractivity (Wildman–Crippen MR) is 93.9 cm³/mol. The summed E-state index contributed by atoms with van der Waals surface area (Å²) in [6, 6.07) is 8.06. The van der Waals surface area contributed by atoms with E-state index in [-0.39, 0.29) is 23.7 Å². The normalized spacial score (nSPS) is 10.4. The summed E-state index contributed by atoms with van der Waals surface area (Å²) in [6.07, 6.45) is 0. The Bertz CT molecular complexity index is 803. The lowest BCUT2D eigenvalue weighted by Gasteiger charge is -2.21. The quantitative estimate of drug-likeness (QED) is 0.433. The average molecular weight is 383 g/mol. The third kappa shape index (κ3) is 4.77. The fourth-order valence-corrected chi connectivity index (χ4v) is 3.23. The van der Waals surface area contributed by atoms with Crippen molar-refractivity contribution in [2.24, 2.45) is 0 Å². The van der Waals surface area contributed by atoms with Gasteiger partial charge in [0.15, 0.2) is 0 Å². The SMILES string of the molecule is COC(=O)CN(Cc1ccc(Cl)cc1)C(=O)c1cc([N+](=O)[O-])c(C)s1. The van der Waals surface area contributed by atoms with Crippen LogP contribution < -0.4 is 0 Å². The molecule has 25 heavy (non-hydrogen) atoms. The van der Waals surface area contributed by atoms with Crippen molar-refractivity contribution in [2.45, 2.75) is 13.5 Å². The van der Waals surface area contributed by atoms with Crippen molar-refractivity contribution in [3.63, 3.8) is 0 Å². The highest BCUT2D eigenvalue weighted by Crippen LogP contribution is 2.29. The number of carbonyl (C=O) groups is 2.